The van der Waals surface area contributed by atoms with Crippen LogP contribution in [0.15, 0.2) is 60.0 Å². The Bertz CT molecular complexity index is 1000. The van der Waals surface area contributed by atoms with Crippen LogP contribution in [-0.4, -0.2) is 31.3 Å². The summed E-state index contributed by atoms with van der Waals surface area (Å²) in [5.74, 6) is 0. The second kappa shape index (κ2) is 9.02. The maximum Gasteiger partial charge on any atom is 0.187 e. The van der Waals surface area contributed by atoms with Gasteiger partial charge < -0.3 is 15.0 Å². The summed E-state index contributed by atoms with van der Waals surface area (Å²) < 4.78 is 5.44. The van der Waals surface area contributed by atoms with Gasteiger partial charge in [-0.25, -0.2) is 4.98 Å². The fourth-order valence-corrected chi connectivity index (χ4v) is 4.86. The summed E-state index contributed by atoms with van der Waals surface area (Å²) in [6.45, 7) is 3.53. The van der Waals surface area contributed by atoms with Crippen molar-refractivity contribution in [1.82, 2.24) is 4.98 Å². The SMILES string of the molecule is C1=C(c2ccc(-c3csc(Nc4ccc(N5CCOCC5)cc4)n3)cc2)CCCC1. The molecule has 0 saturated carbocycles. The molecule has 5 rings (SSSR count). The van der Waals surface area contributed by atoms with E-state index in [1.807, 2.05) is 0 Å². The van der Waals surface area contributed by atoms with Gasteiger partial charge in [0, 0.05) is 35.4 Å². The molecule has 3 aromatic rings. The highest BCUT2D eigenvalue weighted by Crippen LogP contribution is 2.31. The van der Waals surface area contributed by atoms with Gasteiger partial charge in [0.1, 0.15) is 0 Å². The van der Waals surface area contributed by atoms with E-state index >= 15 is 0 Å². The summed E-state index contributed by atoms with van der Waals surface area (Å²) in [5.41, 5.74) is 7.35. The zero-order chi connectivity index (χ0) is 20.2. The highest BCUT2D eigenvalue weighted by molar-refractivity contribution is 7.14. The molecule has 1 aliphatic heterocycles. The Morgan fingerprint density at radius 1 is 0.900 bits per heavy atom. The number of benzene rings is 2. The summed E-state index contributed by atoms with van der Waals surface area (Å²) in [6.07, 6.45) is 7.45. The quantitative estimate of drug-likeness (QED) is 0.525. The minimum absolute atomic E-state index is 0.806. The molecule has 1 aliphatic carbocycles. The smallest absolute Gasteiger partial charge is 0.187 e. The molecular formula is C25H27N3OS. The van der Waals surface area contributed by atoms with E-state index < -0.39 is 0 Å². The van der Waals surface area contributed by atoms with Crippen molar-refractivity contribution in [3.05, 3.63) is 65.6 Å². The van der Waals surface area contributed by atoms with Crippen LogP contribution < -0.4 is 10.2 Å². The van der Waals surface area contributed by atoms with Crippen molar-refractivity contribution >= 4 is 33.4 Å². The molecule has 30 heavy (non-hydrogen) atoms. The Hall–Kier alpha value is -2.63. The third-order valence-corrected chi connectivity index (χ3v) is 6.60. The van der Waals surface area contributed by atoms with Crippen molar-refractivity contribution in [2.45, 2.75) is 25.7 Å². The molecule has 0 atom stereocenters. The Morgan fingerprint density at radius 3 is 2.40 bits per heavy atom. The van der Waals surface area contributed by atoms with Crippen LogP contribution in [-0.2, 0) is 4.74 Å². The van der Waals surface area contributed by atoms with Crippen LogP contribution in [0.3, 0.4) is 0 Å². The van der Waals surface area contributed by atoms with E-state index in [2.05, 4.69) is 70.2 Å². The van der Waals surface area contributed by atoms with Gasteiger partial charge in [-0.1, -0.05) is 30.3 Å². The number of hydrogen-bond donors (Lipinski definition) is 1. The first-order chi connectivity index (χ1) is 14.8. The second-order valence-corrected chi connectivity index (χ2v) is 8.72. The van der Waals surface area contributed by atoms with E-state index in [9.17, 15) is 0 Å². The number of anilines is 3. The topological polar surface area (TPSA) is 37.4 Å². The van der Waals surface area contributed by atoms with Gasteiger partial charge in [-0.15, -0.1) is 11.3 Å². The molecule has 4 nitrogen and oxygen atoms in total. The van der Waals surface area contributed by atoms with Gasteiger partial charge in [0.15, 0.2) is 5.13 Å². The fourth-order valence-electron chi connectivity index (χ4n) is 4.12. The van der Waals surface area contributed by atoms with Gasteiger partial charge in [0.25, 0.3) is 0 Å². The van der Waals surface area contributed by atoms with E-state index in [-0.39, 0.29) is 0 Å². The molecule has 1 fully saturated rings. The Morgan fingerprint density at radius 2 is 1.67 bits per heavy atom. The number of allylic oxidation sites excluding steroid dienone is 2. The summed E-state index contributed by atoms with van der Waals surface area (Å²) in [7, 11) is 0. The molecule has 0 unspecified atom stereocenters. The second-order valence-electron chi connectivity index (χ2n) is 7.86. The van der Waals surface area contributed by atoms with Crippen molar-refractivity contribution in [2.24, 2.45) is 0 Å². The zero-order valence-electron chi connectivity index (χ0n) is 17.1. The lowest BCUT2D eigenvalue weighted by molar-refractivity contribution is 0.122. The Labute approximate surface area is 182 Å². The van der Waals surface area contributed by atoms with E-state index in [4.69, 9.17) is 9.72 Å². The zero-order valence-corrected chi connectivity index (χ0v) is 18.0. The highest BCUT2D eigenvalue weighted by atomic mass is 32.1. The normalized spacial score (nSPS) is 16.9. The minimum Gasteiger partial charge on any atom is -0.378 e. The van der Waals surface area contributed by atoms with Crippen molar-refractivity contribution < 1.29 is 4.74 Å². The average Bonchev–Trinajstić information content (AvgIpc) is 3.29. The largest absolute Gasteiger partial charge is 0.378 e. The van der Waals surface area contributed by atoms with Crippen molar-refractivity contribution in [3.8, 4) is 11.3 Å². The number of aromatic nitrogens is 1. The van der Waals surface area contributed by atoms with Crippen molar-refractivity contribution in [1.29, 1.82) is 0 Å². The maximum absolute atomic E-state index is 5.44. The first kappa shape index (κ1) is 19.3. The Kier molecular flexibility index (Phi) is 5.82. The van der Waals surface area contributed by atoms with Gasteiger partial charge in [0.2, 0.25) is 0 Å². The lowest BCUT2D eigenvalue weighted by Crippen LogP contribution is -2.36. The molecule has 1 N–H and O–H groups in total. The third kappa shape index (κ3) is 4.42. The van der Waals surface area contributed by atoms with Crippen molar-refractivity contribution in [2.75, 3.05) is 36.5 Å². The average molecular weight is 418 g/mol. The molecule has 0 radical (unpaired) electrons. The Balaban J connectivity index is 1.24. The summed E-state index contributed by atoms with van der Waals surface area (Å²) in [6, 6.07) is 17.5. The van der Waals surface area contributed by atoms with Crippen LogP contribution in [0.5, 0.6) is 0 Å². The van der Waals surface area contributed by atoms with Gasteiger partial charge in [0.05, 0.1) is 18.9 Å². The third-order valence-electron chi connectivity index (χ3n) is 5.84. The molecule has 0 amide bonds. The van der Waals surface area contributed by atoms with Crippen LogP contribution in [0.2, 0.25) is 0 Å². The molecule has 2 aliphatic rings. The first-order valence-electron chi connectivity index (χ1n) is 10.8. The van der Waals surface area contributed by atoms with Crippen LogP contribution in [0, 0.1) is 0 Å². The highest BCUT2D eigenvalue weighted by Gasteiger charge is 2.12. The van der Waals surface area contributed by atoms with Gasteiger partial charge in [-0.3, -0.25) is 0 Å². The number of rotatable bonds is 5. The molecule has 1 saturated heterocycles. The number of nitrogens with zero attached hydrogens (tertiary/aromatic N) is 2. The molecule has 1 aromatic heterocycles. The van der Waals surface area contributed by atoms with E-state index in [0.29, 0.717) is 0 Å². The van der Waals surface area contributed by atoms with Crippen LogP contribution in [0.4, 0.5) is 16.5 Å². The van der Waals surface area contributed by atoms with Gasteiger partial charge >= 0.3 is 0 Å². The molecule has 154 valence electrons. The lowest BCUT2D eigenvalue weighted by atomic mass is 9.93. The number of morpholine rings is 1. The molecule has 0 bridgehead atoms. The van der Waals surface area contributed by atoms with Crippen LogP contribution >= 0.6 is 11.3 Å². The maximum atomic E-state index is 5.44. The van der Waals surface area contributed by atoms with Gasteiger partial charge in [-0.2, -0.15) is 0 Å². The number of nitrogens with one attached hydrogen (secondary N) is 1. The lowest BCUT2D eigenvalue weighted by Gasteiger charge is -2.28. The summed E-state index contributed by atoms with van der Waals surface area (Å²) in [5, 5.41) is 6.49. The predicted octanol–water partition coefficient (Wildman–Crippen LogP) is 6.35. The molecule has 2 aromatic carbocycles. The number of thiazole rings is 1. The molecule has 0 spiro atoms. The van der Waals surface area contributed by atoms with E-state index in [1.165, 1.54) is 48.1 Å². The van der Waals surface area contributed by atoms with Crippen LogP contribution in [0.1, 0.15) is 31.2 Å². The summed E-state index contributed by atoms with van der Waals surface area (Å²) >= 11 is 1.64. The molecule has 5 heteroatoms. The predicted molar refractivity (Wildman–Crippen MR) is 127 cm³/mol. The van der Waals surface area contributed by atoms with Crippen LogP contribution in [0.25, 0.3) is 16.8 Å². The molecule has 2 heterocycles. The van der Waals surface area contributed by atoms with E-state index in [1.54, 1.807) is 11.3 Å². The van der Waals surface area contributed by atoms with E-state index in [0.717, 1.165) is 42.8 Å². The number of hydrogen-bond acceptors (Lipinski definition) is 5. The number of ether oxygens (including phenoxy) is 1. The summed E-state index contributed by atoms with van der Waals surface area (Å²) in [4.78, 5) is 7.16. The standard InChI is InChI=1S/C25H27N3OS/c1-2-4-19(5-3-1)20-6-8-21(9-7-20)24-18-30-25(27-24)26-22-10-12-23(13-11-22)28-14-16-29-17-15-28/h4,6-13,18H,1-3,5,14-17H2,(H,26,27). The fraction of sp³-hybridized carbons (Fsp3) is 0.320. The monoisotopic (exact) mass is 417 g/mol. The minimum atomic E-state index is 0.806. The van der Waals surface area contributed by atoms with Crippen molar-refractivity contribution in [3.63, 3.8) is 0 Å². The van der Waals surface area contributed by atoms with Gasteiger partial charge in [-0.05, 0) is 61.1 Å². The molecular weight excluding hydrogens is 390 g/mol. The first-order valence-corrected chi connectivity index (χ1v) is 11.7.